The molecule has 0 unspecified atom stereocenters. The fourth-order valence-corrected chi connectivity index (χ4v) is 2.64. The lowest BCUT2D eigenvalue weighted by atomic mass is 9.93. The largest absolute Gasteiger partial charge is 0.412 e. The molecule has 26 heavy (non-hydrogen) atoms. The molecule has 1 heterocycles. The zero-order valence-corrected chi connectivity index (χ0v) is 14.1. The van der Waals surface area contributed by atoms with Crippen molar-refractivity contribution in [3.05, 3.63) is 23.9 Å². The Kier molecular flexibility index (Phi) is 6.41. The average molecular weight is 373 g/mol. The molecule has 1 amide bonds. The van der Waals surface area contributed by atoms with E-state index in [0.717, 1.165) is 12.8 Å². The Bertz CT molecular complexity index is 658. The van der Waals surface area contributed by atoms with Gasteiger partial charge in [-0.25, -0.2) is 4.98 Å². The van der Waals surface area contributed by atoms with Crippen LogP contribution in [0.4, 0.5) is 24.9 Å². The Morgan fingerprint density at radius 1 is 1.35 bits per heavy atom. The highest BCUT2D eigenvalue weighted by Gasteiger charge is 2.31. The number of primary amides is 1. The number of hydrogen-bond acceptors (Lipinski definition) is 6. The van der Waals surface area contributed by atoms with Gasteiger partial charge in [-0.1, -0.05) is 6.58 Å². The van der Waals surface area contributed by atoms with Crippen LogP contribution in [0.1, 0.15) is 42.5 Å². The van der Waals surface area contributed by atoms with E-state index in [-0.39, 0.29) is 42.4 Å². The normalized spacial score (nSPS) is 20.5. The second-order valence-corrected chi connectivity index (χ2v) is 6.25. The molecular formula is C16H22F3N5O2. The van der Waals surface area contributed by atoms with Gasteiger partial charge in [0.2, 0.25) is 5.95 Å². The maximum absolute atomic E-state index is 12.5. The van der Waals surface area contributed by atoms with Crippen LogP contribution in [0.25, 0.3) is 0 Å². The van der Waals surface area contributed by atoms with Crippen LogP contribution in [0.2, 0.25) is 0 Å². The minimum absolute atomic E-state index is 0.00719. The number of aliphatic hydroxyl groups excluding tert-OH is 1. The molecule has 0 atom stereocenters. The van der Waals surface area contributed by atoms with Gasteiger partial charge in [-0.2, -0.15) is 18.2 Å². The van der Waals surface area contributed by atoms with E-state index < -0.39 is 17.7 Å². The number of nitrogens with zero attached hydrogens (tertiary/aromatic N) is 2. The quantitative estimate of drug-likeness (QED) is 0.545. The highest BCUT2D eigenvalue weighted by Crippen LogP contribution is 2.26. The molecule has 0 bridgehead atoms. The maximum Gasteiger partial charge on any atom is 0.412 e. The molecule has 1 aromatic heterocycles. The fraction of sp³-hybridized carbons (Fsp3) is 0.562. The number of amides is 1. The molecule has 10 heteroatoms. The van der Waals surface area contributed by atoms with Crippen LogP contribution >= 0.6 is 0 Å². The number of hydrogen-bond donors (Lipinski definition) is 4. The van der Waals surface area contributed by atoms with Crippen LogP contribution in [0, 0.1) is 0 Å². The fourth-order valence-electron chi connectivity index (χ4n) is 2.64. The highest BCUT2D eigenvalue weighted by molar-refractivity contribution is 5.97. The number of anilines is 2. The zero-order valence-electron chi connectivity index (χ0n) is 14.1. The zero-order chi connectivity index (χ0) is 19.3. The molecular weight excluding hydrogens is 351 g/mol. The number of aliphatic hydroxyl groups is 1. The first-order chi connectivity index (χ1) is 12.2. The number of carbonyl (C=O) groups excluding carboxylic acids is 1. The Hall–Kier alpha value is -2.36. The van der Waals surface area contributed by atoms with Gasteiger partial charge in [0.05, 0.1) is 11.7 Å². The summed E-state index contributed by atoms with van der Waals surface area (Å²) in [6, 6.07) is 0.0793. The lowest BCUT2D eigenvalue weighted by Gasteiger charge is -2.26. The second-order valence-electron chi connectivity index (χ2n) is 6.25. The Morgan fingerprint density at radius 3 is 2.58 bits per heavy atom. The van der Waals surface area contributed by atoms with Crippen molar-refractivity contribution < 1.29 is 23.1 Å². The van der Waals surface area contributed by atoms with E-state index in [1.165, 1.54) is 6.20 Å². The molecule has 1 saturated carbocycles. The molecule has 0 saturated heterocycles. The highest BCUT2D eigenvalue weighted by atomic mass is 19.4. The first kappa shape index (κ1) is 20.0. The lowest BCUT2D eigenvalue weighted by molar-refractivity contribution is -0.0932. The molecule has 1 aliphatic carbocycles. The molecule has 1 fully saturated rings. The summed E-state index contributed by atoms with van der Waals surface area (Å²) in [7, 11) is 0. The van der Waals surface area contributed by atoms with E-state index in [1.54, 1.807) is 0 Å². The molecule has 0 aliphatic heterocycles. The van der Waals surface area contributed by atoms with Crippen molar-refractivity contribution in [1.29, 1.82) is 0 Å². The summed E-state index contributed by atoms with van der Waals surface area (Å²) >= 11 is 0. The predicted molar refractivity (Wildman–Crippen MR) is 90.7 cm³/mol. The van der Waals surface area contributed by atoms with Crippen molar-refractivity contribution in [3.8, 4) is 0 Å². The number of nitrogens with two attached hydrogens (primary N) is 1. The van der Waals surface area contributed by atoms with E-state index >= 15 is 0 Å². The minimum atomic E-state index is -4.46. The Balaban J connectivity index is 2.03. The topological polar surface area (TPSA) is 113 Å². The smallest absolute Gasteiger partial charge is 0.393 e. The van der Waals surface area contributed by atoms with E-state index in [4.69, 9.17) is 5.73 Å². The summed E-state index contributed by atoms with van der Waals surface area (Å²) in [4.78, 5) is 19.7. The van der Waals surface area contributed by atoms with E-state index in [2.05, 4.69) is 27.2 Å². The van der Waals surface area contributed by atoms with Crippen LogP contribution in [0.15, 0.2) is 18.3 Å². The second kappa shape index (κ2) is 8.35. The van der Waals surface area contributed by atoms with Crippen LogP contribution in [-0.4, -0.2) is 45.8 Å². The minimum Gasteiger partial charge on any atom is -0.393 e. The van der Waals surface area contributed by atoms with Crippen LogP contribution in [0.5, 0.6) is 0 Å². The van der Waals surface area contributed by atoms with Gasteiger partial charge in [-0.3, -0.25) is 4.79 Å². The molecule has 0 radical (unpaired) electrons. The number of alkyl halides is 3. The van der Waals surface area contributed by atoms with Gasteiger partial charge >= 0.3 is 6.18 Å². The molecule has 144 valence electrons. The summed E-state index contributed by atoms with van der Waals surface area (Å²) in [5.74, 6) is -0.469. The van der Waals surface area contributed by atoms with Crippen molar-refractivity contribution in [2.45, 2.75) is 50.4 Å². The first-order valence-corrected chi connectivity index (χ1v) is 8.27. The SMILES string of the molecule is C=C(CCNc1nc(NC2CCC(O)CC2)ncc1C(N)=O)C(F)(F)F. The number of halogens is 3. The Labute approximate surface area is 148 Å². The summed E-state index contributed by atoms with van der Waals surface area (Å²) < 4.78 is 37.4. The van der Waals surface area contributed by atoms with Gasteiger partial charge in [0.25, 0.3) is 5.91 Å². The maximum atomic E-state index is 12.5. The Morgan fingerprint density at radius 2 is 2.00 bits per heavy atom. The van der Waals surface area contributed by atoms with Gasteiger partial charge in [0.15, 0.2) is 0 Å². The van der Waals surface area contributed by atoms with Crippen molar-refractivity contribution in [2.24, 2.45) is 5.73 Å². The summed E-state index contributed by atoms with van der Waals surface area (Å²) in [6.45, 7) is 2.89. The number of nitrogens with one attached hydrogen (secondary N) is 2. The molecule has 0 aromatic carbocycles. The molecule has 1 aromatic rings. The van der Waals surface area contributed by atoms with Crippen molar-refractivity contribution in [2.75, 3.05) is 17.2 Å². The van der Waals surface area contributed by atoms with Crippen molar-refractivity contribution >= 4 is 17.7 Å². The average Bonchev–Trinajstić information content (AvgIpc) is 2.56. The van der Waals surface area contributed by atoms with Crippen LogP contribution in [-0.2, 0) is 0 Å². The van der Waals surface area contributed by atoms with E-state index in [9.17, 15) is 23.1 Å². The number of carbonyl (C=O) groups is 1. The third kappa shape index (κ3) is 5.58. The standard InChI is InChI=1S/C16H22F3N5O2/c1-9(16(17,18)19)6-7-21-14-12(13(20)26)8-22-15(24-14)23-10-2-4-11(25)5-3-10/h8,10-11,25H,1-7H2,(H2,20,26)(H2,21,22,23,24). The van der Waals surface area contributed by atoms with Crippen LogP contribution in [0.3, 0.4) is 0 Å². The summed E-state index contributed by atoms with van der Waals surface area (Å²) in [6.07, 6.45) is -1.05. The monoisotopic (exact) mass is 373 g/mol. The molecule has 7 nitrogen and oxygen atoms in total. The van der Waals surface area contributed by atoms with Gasteiger partial charge in [-0.15, -0.1) is 0 Å². The number of aromatic nitrogens is 2. The molecule has 2 rings (SSSR count). The van der Waals surface area contributed by atoms with Crippen LogP contribution < -0.4 is 16.4 Å². The van der Waals surface area contributed by atoms with E-state index in [1.807, 2.05) is 0 Å². The van der Waals surface area contributed by atoms with Gasteiger partial charge in [0, 0.05) is 24.4 Å². The number of rotatable bonds is 7. The third-order valence-electron chi connectivity index (χ3n) is 4.20. The molecule has 5 N–H and O–H groups in total. The van der Waals surface area contributed by atoms with Gasteiger partial charge in [-0.05, 0) is 32.1 Å². The molecule has 1 aliphatic rings. The first-order valence-electron chi connectivity index (χ1n) is 8.27. The summed E-state index contributed by atoms with van der Waals surface area (Å²) in [5, 5.41) is 15.3. The van der Waals surface area contributed by atoms with E-state index in [0.29, 0.717) is 12.8 Å². The molecule has 0 spiro atoms. The lowest BCUT2D eigenvalue weighted by Crippen LogP contribution is -2.29. The summed E-state index contributed by atoms with van der Waals surface area (Å²) in [5.41, 5.74) is 4.38. The third-order valence-corrected chi connectivity index (χ3v) is 4.20. The van der Waals surface area contributed by atoms with Crippen molar-refractivity contribution in [3.63, 3.8) is 0 Å². The van der Waals surface area contributed by atoms with Crippen molar-refractivity contribution in [1.82, 2.24) is 9.97 Å². The van der Waals surface area contributed by atoms with Gasteiger partial charge in [0.1, 0.15) is 5.82 Å². The predicted octanol–water partition coefficient (Wildman–Crippen LogP) is 2.21. The van der Waals surface area contributed by atoms with Gasteiger partial charge < -0.3 is 21.5 Å².